The molecule has 2 aromatic rings. The number of hydrogen-bond donors (Lipinski definition) is 1. The smallest absolute Gasteiger partial charge is 0.255 e. The second kappa shape index (κ2) is 10.1. The van der Waals surface area contributed by atoms with Crippen molar-refractivity contribution in [3.05, 3.63) is 42.0 Å². The van der Waals surface area contributed by atoms with Crippen LogP contribution in [0.3, 0.4) is 0 Å². The minimum absolute atomic E-state index is 0.220. The minimum Gasteiger partial charge on any atom is -0.495 e. The van der Waals surface area contributed by atoms with Crippen molar-refractivity contribution in [3.63, 3.8) is 0 Å². The van der Waals surface area contributed by atoms with Gasteiger partial charge in [-0.25, -0.2) is 13.8 Å². The molecule has 3 rings (SSSR count). The van der Waals surface area contributed by atoms with E-state index in [1.165, 1.54) is 11.1 Å². The van der Waals surface area contributed by atoms with Crippen LogP contribution in [-0.2, 0) is 4.79 Å². The van der Waals surface area contributed by atoms with E-state index in [-0.39, 0.29) is 12.0 Å². The molecule has 0 bridgehead atoms. The zero-order chi connectivity index (χ0) is 24.2. The van der Waals surface area contributed by atoms with Crippen LogP contribution in [0, 0.1) is 12.3 Å². The minimum atomic E-state index is -2.59. The number of carbonyl (C=O) groups excluding carboxylic acids is 1. The van der Waals surface area contributed by atoms with Gasteiger partial charge in [0.2, 0.25) is 5.91 Å². The SMILES string of the molecule is COc1cc(C(C=NC2CC(C)(C)CCN(CC(F)F)C2=O)=NN)ccc1-n1cnc(C)c1. The lowest BCUT2D eigenvalue weighted by Gasteiger charge is -2.23. The van der Waals surface area contributed by atoms with Gasteiger partial charge in [0.25, 0.3) is 6.43 Å². The fourth-order valence-corrected chi connectivity index (χ4v) is 3.88. The first-order valence-electron chi connectivity index (χ1n) is 10.7. The highest BCUT2D eigenvalue weighted by molar-refractivity contribution is 6.38. The van der Waals surface area contributed by atoms with Crippen LogP contribution in [-0.4, -0.2) is 65.0 Å². The van der Waals surface area contributed by atoms with Crippen molar-refractivity contribution in [2.45, 2.75) is 46.1 Å². The van der Waals surface area contributed by atoms with Crippen LogP contribution < -0.4 is 10.6 Å². The van der Waals surface area contributed by atoms with Crippen LogP contribution in [0.15, 0.2) is 40.8 Å². The molecule has 1 aromatic carbocycles. The van der Waals surface area contributed by atoms with Crippen molar-refractivity contribution in [2.75, 3.05) is 20.2 Å². The van der Waals surface area contributed by atoms with Gasteiger partial charge in [-0.15, -0.1) is 0 Å². The van der Waals surface area contributed by atoms with E-state index in [1.54, 1.807) is 19.5 Å². The molecule has 1 aliphatic heterocycles. The molecule has 0 aliphatic carbocycles. The second-order valence-corrected chi connectivity index (χ2v) is 8.91. The average Bonchev–Trinajstić information content (AvgIpc) is 3.17. The summed E-state index contributed by atoms with van der Waals surface area (Å²) in [5.74, 6) is 5.79. The van der Waals surface area contributed by atoms with Crippen LogP contribution in [0.5, 0.6) is 5.75 Å². The summed E-state index contributed by atoms with van der Waals surface area (Å²) in [5, 5.41) is 3.82. The molecule has 1 saturated heterocycles. The zero-order valence-electron chi connectivity index (χ0n) is 19.3. The lowest BCUT2D eigenvalue weighted by Crippen LogP contribution is -2.40. The van der Waals surface area contributed by atoms with Crippen molar-refractivity contribution in [1.29, 1.82) is 0 Å². The Balaban J connectivity index is 1.87. The molecule has 0 radical (unpaired) electrons. The van der Waals surface area contributed by atoms with Gasteiger partial charge in [0.1, 0.15) is 17.5 Å². The van der Waals surface area contributed by atoms with E-state index in [1.807, 2.05) is 43.7 Å². The molecule has 1 aromatic heterocycles. The van der Waals surface area contributed by atoms with Gasteiger partial charge in [-0.2, -0.15) is 5.10 Å². The fraction of sp³-hybridized carbons (Fsp3) is 0.478. The molecule has 178 valence electrons. The summed E-state index contributed by atoms with van der Waals surface area (Å²) in [6, 6.07) is 4.64. The molecule has 0 spiro atoms. The Hall–Kier alpha value is -3.30. The zero-order valence-corrected chi connectivity index (χ0v) is 19.3. The maximum absolute atomic E-state index is 13.0. The second-order valence-electron chi connectivity index (χ2n) is 8.91. The Labute approximate surface area is 192 Å². The molecule has 1 fully saturated rings. The summed E-state index contributed by atoms with van der Waals surface area (Å²) in [6.45, 7) is 5.60. The quantitative estimate of drug-likeness (QED) is 0.390. The first-order valence-corrected chi connectivity index (χ1v) is 10.7. The van der Waals surface area contributed by atoms with Crippen molar-refractivity contribution < 1.29 is 18.3 Å². The maximum Gasteiger partial charge on any atom is 0.255 e. The number of halogens is 2. The molecule has 8 nitrogen and oxygen atoms in total. The fourth-order valence-electron chi connectivity index (χ4n) is 3.88. The molecule has 2 heterocycles. The Morgan fingerprint density at radius 1 is 1.42 bits per heavy atom. The number of carbonyl (C=O) groups is 1. The number of amides is 1. The number of ether oxygens (including phenoxy) is 1. The molecule has 10 heteroatoms. The number of imidazole rings is 1. The van der Waals surface area contributed by atoms with Gasteiger partial charge in [0, 0.05) is 18.3 Å². The Kier molecular flexibility index (Phi) is 7.45. The highest BCUT2D eigenvalue weighted by Crippen LogP contribution is 2.32. The number of benzene rings is 1. The van der Waals surface area contributed by atoms with E-state index in [9.17, 15) is 13.6 Å². The number of methoxy groups -OCH3 is 1. The number of aliphatic imine (C=N–C) groups is 1. The molecule has 0 saturated carbocycles. The van der Waals surface area contributed by atoms with E-state index < -0.39 is 24.9 Å². The molecular weight excluding hydrogens is 430 g/mol. The number of nitrogens with two attached hydrogens (primary N) is 1. The normalized spacial score (nSPS) is 19.4. The maximum atomic E-state index is 13.0. The first kappa shape index (κ1) is 24.3. The summed E-state index contributed by atoms with van der Waals surface area (Å²) in [7, 11) is 1.56. The van der Waals surface area contributed by atoms with Gasteiger partial charge in [0.05, 0.1) is 37.6 Å². The van der Waals surface area contributed by atoms with E-state index in [0.29, 0.717) is 29.9 Å². The third kappa shape index (κ3) is 5.94. The largest absolute Gasteiger partial charge is 0.495 e. The van der Waals surface area contributed by atoms with Crippen LogP contribution in [0.25, 0.3) is 5.69 Å². The Morgan fingerprint density at radius 3 is 2.79 bits per heavy atom. The van der Waals surface area contributed by atoms with Crippen LogP contribution in [0.2, 0.25) is 0 Å². The number of likely N-dealkylation sites (tertiary alicyclic amines) is 1. The molecule has 33 heavy (non-hydrogen) atoms. The van der Waals surface area contributed by atoms with Crippen LogP contribution in [0.4, 0.5) is 8.78 Å². The summed E-state index contributed by atoms with van der Waals surface area (Å²) in [6.07, 6.45) is 3.48. The first-order chi connectivity index (χ1) is 15.6. The van der Waals surface area contributed by atoms with E-state index >= 15 is 0 Å². The van der Waals surface area contributed by atoms with Crippen molar-refractivity contribution in [1.82, 2.24) is 14.5 Å². The number of nitrogens with zero attached hydrogens (tertiary/aromatic N) is 5. The van der Waals surface area contributed by atoms with Gasteiger partial charge in [0.15, 0.2) is 0 Å². The third-order valence-corrected chi connectivity index (χ3v) is 5.74. The highest BCUT2D eigenvalue weighted by atomic mass is 19.3. The van der Waals surface area contributed by atoms with E-state index in [2.05, 4.69) is 15.1 Å². The van der Waals surface area contributed by atoms with Crippen LogP contribution in [0.1, 0.15) is 37.9 Å². The number of alkyl halides is 2. The van der Waals surface area contributed by atoms with E-state index in [4.69, 9.17) is 10.6 Å². The standard InChI is InChI=1S/C23H30F2N6O2/c1-15-12-31(14-28-15)19-6-5-16(9-20(19)33-4)18(29-26)11-27-17-10-23(2,3)7-8-30(22(17)32)13-21(24)25/h5-6,9,11-12,14,17,21H,7-8,10,13,26H2,1-4H3. The average molecular weight is 461 g/mol. The van der Waals surface area contributed by atoms with Gasteiger partial charge in [-0.3, -0.25) is 9.79 Å². The van der Waals surface area contributed by atoms with Crippen molar-refractivity contribution >= 4 is 17.8 Å². The lowest BCUT2D eigenvalue weighted by molar-refractivity contribution is -0.133. The van der Waals surface area contributed by atoms with Gasteiger partial charge >= 0.3 is 0 Å². The Morgan fingerprint density at radius 2 is 2.18 bits per heavy atom. The predicted molar refractivity (Wildman–Crippen MR) is 123 cm³/mol. The molecule has 1 aliphatic rings. The van der Waals surface area contributed by atoms with Crippen molar-refractivity contribution in [2.24, 2.45) is 21.4 Å². The van der Waals surface area contributed by atoms with Crippen LogP contribution >= 0.6 is 0 Å². The number of aryl methyl sites for hydroxylation is 1. The van der Waals surface area contributed by atoms with Gasteiger partial charge in [-0.1, -0.05) is 19.9 Å². The number of rotatable bonds is 7. The number of hydrazone groups is 1. The summed E-state index contributed by atoms with van der Waals surface area (Å²) < 4.78 is 33.3. The van der Waals surface area contributed by atoms with E-state index in [0.717, 1.165) is 11.4 Å². The van der Waals surface area contributed by atoms with Gasteiger partial charge < -0.3 is 20.0 Å². The summed E-state index contributed by atoms with van der Waals surface area (Å²) in [5.41, 5.74) is 2.43. The third-order valence-electron chi connectivity index (χ3n) is 5.74. The molecular formula is C23H30F2N6O2. The highest BCUT2D eigenvalue weighted by Gasteiger charge is 2.35. The molecule has 1 amide bonds. The van der Waals surface area contributed by atoms with Gasteiger partial charge in [-0.05, 0) is 37.3 Å². The Bertz CT molecular complexity index is 1050. The summed E-state index contributed by atoms with van der Waals surface area (Å²) >= 11 is 0. The molecule has 2 N–H and O–H groups in total. The number of aromatic nitrogens is 2. The summed E-state index contributed by atoms with van der Waals surface area (Å²) in [4.78, 5) is 22.8. The predicted octanol–water partition coefficient (Wildman–Crippen LogP) is 3.21. The topological polar surface area (TPSA) is 98.1 Å². The number of hydrogen-bond acceptors (Lipinski definition) is 6. The molecule has 1 atom stereocenters. The van der Waals surface area contributed by atoms with Crippen molar-refractivity contribution in [3.8, 4) is 11.4 Å². The lowest BCUT2D eigenvalue weighted by atomic mass is 9.84. The molecule has 1 unspecified atom stereocenters. The monoisotopic (exact) mass is 460 g/mol.